The molecule has 0 heterocycles. The number of hydrogen-bond acceptors (Lipinski definition) is 2. The molecule has 1 atom stereocenters. The van der Waals surface area contributed by atoms with Crippen molar-refractivity contribution in [2.24, 2.45) is 16.5 Å². The van der Waals surface area contributed by atoms with Gasteiger partial charge in [0.25, 0.3) is 5.91 Å². The largest absolute Gasteiger partial charge is 0.497 e. The van der Waals surface area contributed by atoms with Gasteiger partial charge in [0.2, 0.25) is 0 Å². The maximum Gasteiger partial charge on any atom is 0.416 e. The van der Waals surface area contributed by atoms with E-state index in [-0.39, 0.29) is 6.42 Å². The molecule has 2 aromatic carbocycles. The van der Waals surface area contributed by atoms with Crippen LogP contribution in [0.1, 0.15) is 22.6 Å². The minimum atomic E-state index is -4.45. The van der Waals surface area contributed by atoms with Crippen molar-refractivity contribution in [3.05, 3.63) is 65.2 Å². The fraction of sp³-hybridized carbons (Fsp3) is 0.222. The number of aliphatic imine (C=N–C) groups is 1. The summed E-state index contributed by atoms with van der Waals surface area (Å²) < 4.78 is 43.3. The van der Waals surface area contributed by atoms with Crippen LogP contribution in [0.15, 0.2) is 53.5 Å². The van der Waals surface area contributed by atoms with Crippen molar-refractivity contribution in [1.29, 1.82) is 0 Å². The van der Waals surface area contributed by atoms with Gasteiger partial charge in [-0.15, -0.1) is 0 Å². The first-order valence-corrected chi connectivity index (χ1v) is 7.64. The van der Waals surface area contributed by atoms with E-state index in [2.05, 4.69) is 4.99 Å². The molecule has 2 rings (SSSR count). The molecule has 0 aliphatic rings. The molecule has 26 heavy (non-hydrogen) atoms. The third-order valence-electron chi connectivity index (χ3n) is 3.78. The predicted octanol–water partition coefficient (Wildman–Crippen LogP) is 2.84. The summed E-state index contributed by atoms with van der Waals surface area (Å²) in [6.45, 7) is 0. The summed E-state index contributed by atoms with van der Waals surface area (Å²) in [6.07, 6.45) is -4.22. The van der Waals surface area contributed by atoms with E-state index >= 15 is 0 Å². The maximum absolute atomic E-state index is 12.7. The van der Waals surface area contributed by atoms with E-state index in [1.807, 2.05) is 0 Å². The summed E-state index contributed by atoms with van der Waals surface area (Å²) in [7, 11) is 1.53. The zero-order valence-corrected chi connectivity index (χ0v) is 14.0. The van der Waals surface area contributed by atoms with E-state index in [1.54, 1.807) is 24.3 Å². The van der Waals surface area contributed by atoms with Crippen LogP contribution in [0.4, 0.5) is 13.2 Å². The Bertz CT molecular complexity index is 781. The number of methoxy groups -OCH3 is 1. The Morgan fingerprint density at radius 2 is 1.65 bits per heavy atom. The molecule has 2 aromatic rings. The van der Waals surface area contributed by atoms with Gasteiger partial charge in [0, 0.05) is 0 Å². The van der Waals surface area contributed by atoms with E-state index < -0.39 is 29.5 Å². The Labute approximate surface area is 148 Å². The van der Waals surface area contributed by atoms with Gasteiger partial charge in [0.1, 0.15) is 5.75 Å². The van der Waals surface area contributed by atoms with Crippen LogP contribution in [0.25, 0.3) is 0 Å². The van der Waals surface area contributed by atoms with Crippen molar-refractivity contribution in [3.8, 4) is 5.75 Å². The molecule has 0 saturated heterocycles. The van der Waals surface area contributed by atoms with Gasteiger partial charge in [-0.1, -0.05) is 24.3 Å². The summed E-state index contributed by atoms with van der Waals surface area (Å²) in [5.41, 5.74) is 10.9. The van der Waals surface area contributed by atoms with E-state index in [0.717, 1.165) is 17.7 Å². The first kappa shape index (κ1) is 19.3. The van der Waals surface area contributed by atoms with Gasteiger partial charge in [0.15, 0.2) is 5.96 Å². The molecule has 0 radical (unpaired) electrons. The molecule has 1 amide bonds. The lowest BCUT2D eigenvalue weighted by atomic mass is 9.90. The number of rotatable bonds is 5. The number of ether oxygens (including phenoxy) is 1. The molecule has 0 saturated carbocycles. The monoisotopic (exact) mass is 365 g/mol. The molecule has 0 aliphatic heterocycles. The third-order valence-corrected chi connectivity index (χ3v) is 3.78. The highest BCUT2D eigenvalue weighted by atomic mass is 19.4. The molecule has 0 aromatic heterocycles. The molecule has 0 fully saturated rings. The van der Waals surface area contributed by atoms with Crippen molar-refractivity contribution < 1.29 is 22.7 Å². The Kier molecular flexibility index (Phi) is 5.86. The first-order chi connectivity index (χ1) is 12.2. The highest BCUT2D eigenvalue weighted by Crippen LogP contribution is 2.31. The zero-order chi connectivity index (χ0) is 19.3. The van der Waals surface area contributed by atoms with E-state index in [4.69, 9.17) is 16.2 Å². The minimum Gasteiger partial charge on any atom is -0.497 e. The second-order valence-electron chi connectivity index (χ2n) is 5.60. The van der Waals surface area contributed by atoms with Gasteiger partial charge in [-0.2, -0.15) is 18.2 Å². The number of benzene rings is 2. The molecular formula is C18H18F3N3O2. The molecule has 1 unspecified atom stereocenters. The third kappa shape index (κ3) is 4.98. The van der Waals surface area contributed by atoms with Gasteiger partial charge in [0.05, 0.1) is 18.6 Å². The standard InChI is InChI=1S/C18H18F3N3O2/c1-26-14-8-2-11(3-9-14)10-15(16(25)24-17(22)23)12-4-6-13(7-5-12)18(19,20)21/h2-9,15H,10H2,1H3,(H4,22,23,24,25). The summed E-state index contributed by atoms with van der Waals surface area (Å²) in [5.74, 6) is -1.19. The lowest BCUT2D eigenvalue weighted by Crippen LogP contribution is -2.26. The predicted molar refractivity (Wildman–Crippen MR) is 91.7 cm³/mol. The fourth-order valence-corrected chi connectivity index (χ4v) is 2.45. The van der Waals surface area contributed by atoms with Gasteiger partial charge < -0.3 is 16.2 Å². The summed E-state index contributed by atoms with van der Waals surface area (Å²) in [5, 5.41) is 0. The van der Waals surface area contributed by atoms with Crippen molar-refractivity contribution >= 4 is 11.9 Å². The van der Waals surface area contributed by atoms with Crippen LogP contribution in [0.2, 0.25) is 0 Å². The smallest absolute Gasteiger partial charge is 0.416 e. The van der Waals surface area contributed by atoms with Crippen LogP contribution >= 0.6 is 0 Å². The Morgan fingerprint density at radius 3 is 2.12 bits per heavy atom. The second kappa shape index (κ2) is 7.90. The van der Waals surface area contributed by atoms with Crippen LogP contribution in [-0.2, 0) is 17.4 Å². The van der Waals surface area contributed by atoms with Gasteiger partial charge in [-0.25, -0.2) is 0 Å². The minimum absolute atomic E-state index is 0.227. The quantitative estimate of drug-likeness (QED) is 0.630. The van der Waals surface area contributed by atoms with Crippen molar-refractivity contribution in [3.63, 3.8) is 0 Å². The average Bonchev–Trinajstić information content (AvgIpc) is 2.59. The zero-order valence-electron chi connectivity index (χ0n) is 14.0. The molecule has 138 valence electrons. The molecular weight excluding hydrogens is 347 g/mol. The number of nitrogens with zero attached hydrogens (tertiary/aromatic N) is 1. The van der Waals surface area contributed by atoms with Crippen LogP contribution in [0.5, 0.6) is 5.75 Å². The summed E-state index contributed by atoms with van der Waals surface area (Å²) in [6, 6.07) is 11.4. The number of nitrogens with two attached hydrogens (primary N) is 2. The Morgan fingerprint density at radius 1 is 1.08 bits per heavy atom. The van der Waals surface area contributed by atoms with Crippen LogP contribution in [-0.4, -0.2) is 19.0 Å². The number of hydrogen-bond donors (Lipinski definition) is 2. The van der Waals surface area contributed by atoms with Crippen molar-refractivity contribution in [2.75, 3.05) is 7.11 Å². The molecule has 8 heteroatoms. The molecule has 0 aliphatic carbocycles. The first-order valence-electron chi connectivity index (χ1n) is 7.64. The SMILES string of the molecule is COc1ccc(CC(C(=O)N=C(N)N)c2ccc(C(F)(F)F)cc2)cc1. The molecule has 0 bridgehead atoms. The Hall–Kier alpha value is -3.03. The van der Waals surface area contributed by atoms with E-state index in [0.29, 0.717) is 11.3 Å². The van der Waals surface area contributed by atoms with E-state index in [9.17, 15) is 18.0 Å². The maximum atomic E-state index is 12.7. The summed E-state index contributed by atoms with van der Waals surface area (Å²) >= 11 is 0. The number of carbonyl (C=O) groups excluding carboxylic acids is 1. The van der Waals surface area contributed by atoms with E-state index in [1.165, 1.54) is 19.2 Å². The van der Waals surface area contributed by atoms with Crippen molar-refractivity contribution in [2.45, 2.75) is 18.5 Å². The normalized spacial score (nSPS) is 12.3. The second-order valence-corrected chi connectivity index (χ2v) is 5.60. The van der Waals surface area contributed by atoms with Crippen LogP contribution in [0.3, 0.4) is 0 Å². The fourth-order valence-electron chi connectivity index (χ4n) is 2.45. The number of carbonyl (C=O) groups is 1. The topological polar surface area (TPSA) is 90.7 Å². The number of amides is 1. The summed E-state index contributed by atoms with van der Waals surface area (Å²) in [4.78, 5) is 15.9. The molecule has 4 N–H and O–H groups in total. The lowest BCUT2D eigenvalue weighted by Gasteiger charge is -2.16. The van der Waals surface area contributed by atoms with Gasteiger partial charge in [-0.05, 0) is 41.8 Å². The van der Waals surface area contributed by atoms with Gasteiger partial charge >= 0.3 is 6.18 Å². The molecule has 0 spiro atoms. The number of halogens is 3. The number of guanidine groups is 1. The highest BCUT2D eigenvalue weighted by Gasteiger charge is 2.31. The van der Waals surface area contributed by atoms with Crippen molar-refractivity contribution in [1.82, 2.24) is 0 Å². The Balaban J connectivity index is 2.34. The van der Waals surface area contributed by atoms with Crippen LogP contribution < -0.4 is 16.2 Å². The lowest BCUT2D eigenvalue weighted by molar-refractivity contribution is -0.137. The molecule has 5 nitrogen and oxygen atoms in total. The van der Waals surface area contributed by atoms with Crippen LogP contribution in [0, 0.1) is 0 Å². The van der Waals surface area contributed by atoms with Gasteiger partial charge in [-0.3, -0.25) is 4.79 Å². The number of alkyl halides is 3. The average molecular weight is 365 g/mol. The highest BCUT2D eigenvalue weighted by molar-refractivity contribution is 5.95.